The van der Waals surface area contributed by atoms with Gasteiger partial charge in [-0.15, -0.1) is 0 Å². The number of benzene rings is 2. The fourth-order valence-electron chi connectivity index (χ4n) is 1.99. The van der Waals surface area contributed by atoms with Crippen molar-refractivity contribution >= 4 is 17.4 Å². The van der Waals surface area contributed by atoms with Crippen LogP contribution in [-0.2, 0) is 4.79 Å². The number of aliphatic carboxylic acids is 1. The summed E-state index contributed by atoms with van der Waals surface area (Å²) in [6.45, 7) is 0. The molecule has 0 radical (unpaired) electrons. The lowest BCUT2D eigenvalue weighted by atomic mass is 9.90. The van der Waals surface area contributed by atoms with Crippen LogP contribution in [0.1, 0.15) is 21.8 Å². The highest BCUT2D eigenvalue weighted by molar-refractivity contribution is 6.12. The molecule has 2 aromatic carbocycles. The monoisotopic (exact) mass is 285 g/mol. The summed E-state index contributed by atoms with van der Waals surface area (Å²) in [5.41, 5.74) is 0.0848. The van der Waals surface area contributed by atoms with Gasteiger partial charge in [-0.2, -0.15) is 0 Å². The first-order chi connectivity index (χ1) is 10.0. The summed E-state index contributed by atoms with van der Waals surface area (Å²) in [5.74, 6) is -3.42. The second-order valence-corrected chi connectivity index (χ2v) is 4.35. The zero-order valence-corrected chi connectivity index (χ0v) is 10.8. The maximum Gasteiger partial charge on any atom is 0.318 e. The minimum Gasteiger partial charge on any atom is -0.480 e. The van der Waals surface area contributed by atoms with Gasteiger partial charge in [-0.1, -0.05) is 42.5 Å². The van der Waals surface area contributed by atoms with Crippen molar-refractivity contribution in [2.24, 2.45) is 0 Å². The number of nitro groups is 1. The van der Waals surface area contributed by atoms with E-state index in [2.05, 4.69) is 0 Å². The standard InChI is InChI=1S/C15H11NO5/c17-14(10-5-2-1-3-6-10)13(15(18)19)11-7-4-8-12(9-11)16(20)21/h1-9,13H,(H,18,19). The van der Waals surface area contributed by atoms with E-state index in [1.165, 1.54) is 30.3 Å². The second kappa shape index (κ2) is 5.96. The summed E-state index contributed by atoms with van der Waals surface area (Å²) in [4.78, 5) is 33.9. The van der Waals surface area contributed by atoms with Crippen molar-refractivity contribution in [2.45, 2.75) is 5.92 Å². The van der Waals surface area contributed by atoms with E-state index in [4.69, 9.17) is 0 Å². The predicted octanol–water partition coefficient (Wildman–Crippen LogP) is 2.65. The molecule has 0 aromatic heterocycles. The molecule has 0 fully saturated rings. The lowest BCUT2D eigenvalue weighted by Crippen LogP contribution is -2.21. The van der Waals surface area contributed by atoms with E-state index in [1.807, 2.05) is 0 Å². The van der Waals surface area contributed by atoms with Gasteiger partial charge in [0.1, 0.15) is 5.92 Å². The van der Waals surface area contributed by atoms with Gasteiger partial charge in [0.25, 0.3) is 5.69 Å². The molecule has 0 amide bonds. The first kappa shape index (κ1) is 14.4. The molecule has 2 rings (SSSR count). The molecule has 0 bridgehead atoms. The van der Waals surface area contributed by atoms with Gasteiger partial charge in [-0.3, -0.25) is 19.7 Å². The van der Waals surface area contributed by atoms with Gasteiger partial charge in [0.05, 0.1) is 4.92 Å². The summed E-state index contributed by atoms with van der Waals surface area (Å²) < 4.78 is 0. The number of non-ortho nitro benzene ring substituents is 1. The zero-order chi connectivity index (χ0) is 15.4. The average Bonchev–Trinajstić information content (AvgIpc) is 2.48. The minimum absolute atomic E-state index is 0.0885. The molecular formula is C15H11NO5. The van der Waals surface area contributed by atoms with Crippen molar-refractivity contribution in [2.75, 3.05) is 0 Å². The Morgan fingerprint density at radius 3 is 2.29 bits per heavy atom. The SMILES string of the molecule is O=C(O)C(C(=O)c1ccccc1)c1cccc([N+](=O)[O-])c1. The molecule has 0 spiro atoms. The molecule has 0 aliphatic heterocycles. The number of Topliss-reactive ketones (excluding diaryl/α,β-unsaturated/α-hetero) is 1. The van der Waals surface area contributed by atoms with Crippen LogP contribution in [0.15, 0.2) is 54.6 Å². The molecule has 1 atom stereocenters. The Labute approximate surface area is 119 Å². The Morgan fingerprint density at radius 1 is 1.05 bits per heavy atom. The van der Waals surface area contributed by atoms with Crippen molar-refractivity contribution in [3.05, 3.63) is 75.8 Å². The zero-order valence-electron chi connectivity index (χ0n) is 10.8. The number of hydrogen-bond acceptors (Lipinski definition) is 4. The van der Waals surface area contributed by atoms with Crippen molar-refractivity contribution in [3.63, 3.8) is 0 Å². The number of ketones is 1. The van der Waals surface area contributed by atoms with E-state index < -0.39 is 22.6 Å². The van der Waals surface area contributed by atoms with Crippen LogP contribution in [-0.4, -0.2) is 21.8 Å². The van der Waals surface area contributed by atoms with Crippen molar-refractivity contribution in [3.8, 4) is 0 Å². The van der Waals surface area contributed by atoms with Gasteiger partial charge in [0, 0.05) is 17.7 Å². The quantitative estimate of drug-likeness (QED) is 0.394. The van der Waals surface area contributed by atoms with Crippen LogP contribution in [0.5, 0.6) is 0 Å². The third-order valence-corrected chi connectivity index (χ3v) is 2.98. The number of carbonyl (C=O) groups is 2. The molecule has 106 valence electrons. The minimum atomic E-state index is -1.47. The lowest BCUT2D eigenvalue weighted by molar-refractivity contribution is -0.384. The summed E-state index contributed by atoms with van der Waals surface area (Å²) in [5, 5.41) is 20.1. The Hall–Kier alpha value is -3.02. The van der Waals surface area contributed by atoms with Crippen LogP contribution < -0.4 is 0 Å². The van der Waals surface area contributed by atoms with E-state index in [0.717, 1.165) is 6.07 Å². The van der Waals surface area contributed by atoms with Crippen LogP contribution in [0, 0.1) is 10.1 Å². The Bertz CT molecular complexity index is 696. The van der Waals surface area contributed by atoms with Gasteiger partial charge in [-0.25, -0.2) is 0 Å². The largest absolute Gasteiger partial charge is 0.480 e. The smallest absolute Gasteiger partial charge is 0.318 e. The number of rotatable bonds is 5. The highest BCUT2D eigenvalue weighted by atomic mass is 16.6. The molecule has 0 heterocycles. The fraction of sp³-hybridized carbons (Fsp3) is 0.0667. The molecule has 2 aromatic rings. The topological polar surface area (TPSA) is 97.5 Å². The van der Waals surface area contributed by atoms with Crippen LogP contribution in [0.2, 0.25) is 0 Å². The van der Waals surface area contributed by atoms with E-state index in [0.29, 0.717) is 0 Å². The third-order valence-electron chi connectivity index (χ3n) is 2.98. The normalized spacial score (nSPS) is 11.6. The maximum absolute atomic E-state index is 12.3. The summed E-state index contributed by atoms with van der Waals surface area (Å²) in [7, 11) is 0. The van der Waals surface area contributed by atoms with E-state index in [-0.39, 0.29) is 16.8 Å². The number of carboxylic acids is 1. The van der Waals surface area contributed by atoms with Crippen LogP contribution in [0.4, 0.5) is 5.69 Å². The van der Waals surface area contributed by atoms with E-state index >= 15 is 0 Å². The van der Waals surface area contributed by atoms with Gasteiger partial charge in [-0.05, 0) is 5.56 Å². The molecule has 6 nitrogen and oxygen atoms in total. The lowest BCUT2D eigenvalue weighted by Gasteiger charge is -2.11. The van der Waals surface area contributed by atoms with Crippen LogP contribution in [0.3, 0.4) is 0 Å². The fourth-order valence-corrected chi connectivity index (χ4v) is 1.99. The van der Waals surface area contributed by atoms with Gasteiger partial charge < -0.3 is 5.11 Å². The maximum atomic E-state index is 12.3. The highest BCUT2D eigenvalue weighted by Gasteiger charge is 2.30. The average molecular weight is 285 g/mol. The van der Waals surface area contributed by atoms with Crippen LogP contribution in [0.25, 0.3) is 0 Å². The van der Waals surface area contributed by atoms with Crippen molar-refractivity contribution in [1.29, 1.82) is 0 Å². The molecule has 1 unspecified atom stereocenters. The van der Waals surface area contributed by atoms with E-state index in [9.17, 15) is 24.8 Å². The molecule has 0 saturated heterocycles. The second-order valence-electron chi connectivity index (χ2n) is 4.35. The number of nitro benzene ring substituents is 1. The highest BCUT2D eigenvalue weighted by Crippen LogP contribution is 2.25. The summed E-state index contributed by atoms with van der Waals surface area (Å²) in [6.07, 6.45) is 0. The summed E-state index contributed by atoms with van der Waals surface area (Å²) >= 11 is 0. The first-order valence-electron chi connectivity index (χ1n) is 6.07. The van der Waals surface area contributed by atoms with Gasteiger partial charge in [0.2, 0.25) is 0 Å². The van der Waals surface area contributed by atoms with Gasteiger partial charge in [0.15, 0.2) is 5.78 Å². The predicted molar refractivity (Wildman–Crippen MR) is 74.2 cm³/mol. The Kier molecular flexibility index (Phi) is 4.08. The number of carbonyl (C=O) groups excluding carboxylic acids is 1. The van der Waals surface area contributed by atoms with Crippen LogP contribution >= 0.6 is 0 Å². The number of carboxylic acid groups (broad SMARTS) is 1. The number of nitrogens with zero attached hydrogens (tertiary/aromatic N) is 1. The Balaban J connectivity index is 2.45. The first-order valence-corrected chi connectivity index (χ1v) is 6.07. The van der Waals surface area contributed by atoms with E-state index in [1.54, 1.807) is 18.2 Å². The number of hydrogen-bond donors (Lipinski definition) is 1. The summed E-state index contributed by atoms with van der Waals surface area (Å²) in [6, 6.07) is 13.1. The Morgan fingerprint density at radius 2 is 1.71 bits per heavy atom. The molecular weight excluding hydrogens is 274 g/mol. The molecule has 6 heteroatoms. The van der Waals surface area contributed by atoms with Crippen molar-refractivity contribution < 1.29 is 19.6 Å². The molecule has 1 N–H and O–H groups in total. The van der Waals surface area contributed by atoms with Crippen molar-refractivity contribution in [1.82, 2.24) is 0 Å². The van der Waals surface area contributed by atoms with Gasteiger partial charge >= 0.3 is 5.97 Å². The molecule has 0 aliphatic carbocycles. The molecule has 0 aliphatic rings. The molecule has 0 saturated carbocycles. The molecule has 21 heavy (non-hydrogen) atoms. The third kappa shape index (κ3) is 3.11.